The second-order valence-electron chi connectivity index (χ2n) is 5.68. The summed E-state index contributed by atoms with van der Waals surface area (Å²) in [7, 11) is 1.68. The number of nitrogens with one attached hydrogen (secondary N) is 1. The molecule has 2 rings (SSSR count). The van der Waals surface area contributed by atoms with Crippen LogP contribution in [0.5, 0.6) is 0 Å². The molecule has 1 N–H and O–H groups in total. The molecule has 0 atom stereocenters. The molecule has 0 unspecified atom stereocenters. The standard InChI is InChI=1S/C18H20F3N3O/c1-3-4-11-24(2)17(25)16-12-13(9-10-22-16)23-15-8-6-5-7-14(15)18(19,20)21/h5-10,12H,3-4,11H2,1-2H3,(H,22,23). The van der Waals surface area contributed by atoms with Gasteiger partial charge in [0, 0.05) is 25.5 Å². The Balaban J connectivity index is 2.22. The van der Waals surface area contributed by atoms with Crippen molar-refractivity contribution in [2.75, 3.05) is 18.9 Å². The van der Waals surface area contributed by atoms with Crippen LogP contribution in [0.3, 0.4) is 0 Å². The van der Waals surface area contributed by atoms with Crippen LogP contribution < -0.4 is 5.32 Å². The van der Waals surface area contributed by atoms with Crippen molar-refractivity contribution in [2.24, 2.45) is 0 Å². The van der Waals surface area contributed by atoms with Crippen LogP contribution in [-0.2, 0) is 6.18 Å². The minimum absolute atomic E-state index is 0.0704. The second-order valence-corrected chi connectivity index (χ2v) is 5.68. The van der Waals surface area contributed by atoms with Crippen LogP contribution in [0.1, 0.15) is 35.8 Å². The zero-order chi connectivity index (χ0) is 18.4. The minimum Gasteiger partial charge on any atom is -0.355 e. The van der Waals surface area contributed by atoms with Crippen LogP contribution in [0, 0.1) is 0 Å². The van der Waals surface area contributed by atoms with Gasteiger partial charge in [0.05, 0.1) is 11.3 Å². The lowest BCUT2D eigenvalue weighted by molar-refractivity contribution is -0.136. The van der Waals surface area contributed by atoms with Crippen molar-refractivity contribution < 1.29 is 18.0 Å². The van der Waals surface area contributed by atoms with Gasteiger partial charge in [-0.1, -0.05) is 25.5 Å². The third-order valence-electron chi connectivity index (χ3n) is 3.68. The molecule has 0 aliphatic carbocycles. The van der Waals surface area contributed by atoms with Crippen LogP contribution in [0.15, 0.2) is 42.6 Å². The van der Waals surface area contributed by atoms with Gasteiger partial charge in [0.2, 0.25) is 0 Å². The molecule has 0 radical (unpaired) electrons. The van der Waals surface area contributed by atoms with E-state index in [1.807, 2.05) is 6.92 Å². The molecule has 0 spiro atoms. The summed E-state index contributed by atoms with van der Waals surface area (Å²) in [5, 5.41) is 2.73. The van der Waals surface area contributed by atoms with Crippen molar-refractivity contribution in [3.63, 3.8) is 0 Å². The lowest BCUT2D eigenvalue weighted by Gasteiger charge is -2.17. The average Bonchev–Trinajstić information content (AvgIpc) is 2.58. The number of benzene rings is 1. The Labute approximate surface area is 144 Å². The van der Waals surface area contributed by atoms with Gasteiger partial charge in [-0.25, -0.2) is 0 Å². The molecular weight excluding hydrogens is 331 g/mol. The van der Waals surface area contributed by atoms with E-state index in [4.69, 9.17) is 0 Å². The van der Waals surface area contributed by atoms with E-state index in [2.05, 4.69) is 10.3 Å². The maximum atomic E-state index is 13.1. The maximum absolute atomic E-state index is 13.1. The molecule has 0 saturated heterocycles. The number of hydrogen-bond donors (Lipinski definition) is 1. The third-order valence-corrected chi connectivity index (χ3v) is 3.68. The monoisotopic (exact) mass is 351 g/mol. The molecule has 134 valence electrons. The molecule has 0 aliphatic heterocycles. The molecule has 1 aromatic heterocycles. The number of carbonyl (C=O) groups excluding carboxylic acids is 1. The molecule has 2 aromatic rings. The molecule has 4 nitrogen and oxygen atoms in total. The summed E-state index contributed by atoms with van der Waals surface area (Å²) in [6, 6.07) is 8.18. The first-order valence-corrected chi connectivity index (χ1v) is 7.97. The molecule has 0 saturated carbocycles. The zero-order valence-corrected chi connectivity index (χ0v) is 14.1. The van der Waals surface area contributed by atoms with Crippen LogP contribution >= 0.6 is 0 Å². The third kappa shape index (κ3) is 4.95. The second kappa shape index (κ2) is 8.00. The highest BCUT2D eigenvalue weighted by atomic mass is 19.4. The van der Waals surface area contributed by atoms with E-state index in [1.165, 1.54) is 36.5 Å². The number of alkyl halides is 3. The van der Waals surface area contributed by atoms with Crippen molar-refractivity contribution in [1.29, 1.82) is 0 Å². The molecule has 1 heterocycles. The largest absolute Gasteiger partial charge is 0.418 e. The van der Waals surface area contributed by atoms with Gasteiger partial charge in [-0.15, -0.1) is 0 Å². The molecule has 1 aromatic carbocycles. The van der Waals surface area contributed by atoms with E-state index >= 15 is 0 Å². The first kappa shape index (κ1) is 18.8. The van der Waals surface area contributed by atoms with Gasteiger partial charge in [-0.05, 0) is 30.7 Å². The molecule has 7 heteroatoms. The minimum atomic E-state index is -4.46. The number of hydrogen-bond acceptors (Lipinski definition) is 3. The Morgan fingerprint density at radius 3 is 2.64 bits per heavy atom. The first-order chi connectivity index (χ1) is 11.8. The van der Waals surface area contributed by atoms with Gasteiger partial charge in [0.25, 0.3) is 5.91 Å². The Hall–Kier alpha value is -2.57. The molecule has 0 bridgehead atoms. The summed E-state index contributed by atoms with van der Waals surface area (Å²) < 4.78 is 39.2. The van der Waals surface area contributed by atoms with Gasteiger partial charge in [0.15, 0.2) is 0 Å². The molecule has 1 amide bonds. The SMILES string of the molecule is CCCCN(C)C(=O)c1cc(Nc2ccccc2C(F)(F)F)ccn1. The number of carbonyl (C=O) groups is 1. The van der Waals surface area contributed by atoms with Crippen molar-refractivity contribution in [3.8, 4) is 0 Å². The first-order valence-electron chi connectivity index (χ1n) is 7.97. The fourth-order valence-electron chi connectivity index (χ4n) is 2.31. The zero-order valence-electron chi connectivity index (χ0n) is 14.1. The molecule has 0 aliphatic rings. The van der Waals surface area contributed by atoms with E-state index in [1.54, 1.807) is 11.9 Å². The van der Waals surface area contributed by atoms with Crippen LogP contribution in [0.25, 0.3) is 0 Å². The molecular formula is C18H20F3N3O. The fraction of sp³-hybridized carbons (Fsp3) is 0.333. The van der Waals surface area contributed by atoms with E-state index in [0.717, 1.165) is 18.9 Å². The van der Waals surface area contributed by atoms with Crippen LogP contribution in [0.2, 0.25) is 0 Å². The summed E-state index contributed by atoms with van der Waals surface area (Å²) in [5.74, 6) is -0.263. The number of rotatable bonds is 6. The smallest absolute Gasteiger partial charge is 0.355 e. The predicted octanol–water partition coefficient (Wildman–Crippen LogP) is 4.72. The van der Waals surface area contributed by atoms with Crippen LogP contribution in [0.4, 0.5) is 24.5 Å². The number of amides is 1. The van der Waals surface area contributed by atoms with Crippen molar-refractivity contribution >= 4 is 17.3 Å². The van der Waals surface area contributed by atoms with E-state index < -0.39 is 11.7 Å². The highest BCUT2D eigenvalue weighted by molar-refractivity contribution is 5.93. The highest BCUT2D eigenvalue weighted by Gasteiger charge is 2.33. The lowest BCUT2D eigenvalue weighted by Crippen LogP contribution is -2.28. The van der Waals surface area contributed by atoms with Gasteiger partial charge in [0.1, 0.15) is 5.69 Å². The Morgan fingerprint density at radius 1 is 1.24 bits per heavy atom. The highest BCUT2D eigenvalue weighted by Crippen LogP contribution is 2.35. The maximum Gasteiger partial charge on any atom is 0.418 e. The number of pyridine rings is 1. The topological polar surface area (TPSA) is 45.2 Å². The molecule has 25 heavy (non-hydrogen) atoms. The Morgan fingerprint density at radius 2 is 1.96 bits per heavy atom. The summed E-state index contributed by atoms with van der Waals surface area (Å²) in [6.07, 6.45) is -1.23. The number of halogens is 3. The quantitative estimate of drug-likeness (QED) is 0.819. The molecule has 0 fully saturated rings. The summed E-state index contributed by atoms with van der Waals surface area (Å²) in [6.45, 7) is 2.63. The Bertz CT molecular complexity index is 732. The number of para-hydroxylation sites is 1. The summed E-state index contributed by atoms with van der Waals surface area (Å²) in [4.78, 5) is 17.9. The number of unbranched alkanes of at least 4 members (excludes halogenated alkanes) is 1. The summed E-state index contributed by atoms with van der Waals surface area (Å²) in [5.41, 5.74) is -0.272. The fourth-order valence-corrected chi connectivity index (χ4v) is 2.31. The predicted molar refractivity (Wildman–Crippen MR) is 90.8 cm³/mol. The van der Waals surface area contributed by atoms with Crippen LogP contribution in [-0.4, -0.2) is 29.4 Å². The van der Waals surface area contributed by atoms with E-state index in [9.17, 15) is 18.0 Å². The van der Waals surface area contributed by atoms with Gasteiger partial charge >= 0.3 is 6.18 Å². The van der Waals surface area contributed by atoms with E-state index in [-0.39, 0.29) is 17.3 Å². The van der Waals surface area contributed by atoms with E-state index in [0.29, 0.717) is 12.2 Å². The van der Waals surface area contributed by atoms with Crippen molar-refractivity contribution in [1.82, 2.24) is 9.88 Å². The normalized spacial score (nSPS) is 11.2. The summed E-state index contributed by atoms with van der Waals surface area (Å²) >= 11 is 0. The lowest BCUT2D eigenvalue weighted by atomic mass is 10.1. The van der Waals surface area contributed by atoms with Crippen molar-refractivity contribution in [2.45, 2.75) is 25.9 Å². The van der Waals surface area contributed by atoms with Gasteiger partial charge < -0.3 is 10.2 Å². The average molecular weight is 351 g/mol. The van der Waals surface area contributed by atoms with Crippen molar-refractivity contribution in [3.05, 3.63) is 53.9 Å². The number of anilines is 2. The number of aromatic nitrogens is 1. The number of nitrogens with zero attached hydrogens (tertiary/aromatic N) is 2. The van der Waals surface area contributed by atoms with Gasteiger partial charge in [-0.2, -0.15) is 13.2 Å². The Kier molecular flexibility index (Phi) is 6.01. The van der Waals surface area contributed by atoms with Gasteiger partial charge in [-0.3, -0.25) is 9.78 Å².